The molecule has 0 atom stereocenters. The van der Waals surface area contributed by atoms with Crippen LogP contribution in [0.2, 0.25) is 5.02 Å². The van der Waals surface area contributed by atoms with E-state index in [1.807, 2.05) is 6.07 Å². The minimum absolute atomic E-state index is 0.0439. The first-order chi connectivity index (χ1) is 10.6. The number of anilines is 1. The smallest absolute Gasteiger partial charge is 0.248 e. The first kappa shape index (κ1) is 14.4. The molecule has 112 valence electrons. The van der Waals surface area contributed by atoms with Crippen LogP contribution in [0, 0.1) is 5.82 Å². The van der Waals surface area contributed by atoms with E-state index in [1.165, 1.54) is 24.3 Å². The fourth-order valence-electron chi connectivity index (χ4n) is 1.95. The Balaban J connectivity index is 1.67. The maximum Gasteiger partial charge on any atom is 0.248 e. The zero-order valence-electron chi connectivity index (χ0n) is 11.3. The summed E-state index contributed by atoms with van der Waals surface area (Å²) >= 11 is 5.65. The van der Waals surface area contributed by atoms with Crippen molar-refractivity contribution in [3.63, 3.8) is 0 Å². The van der Waals surface area contributed by atoms with E-state index in [-0.39, 0.29) is 17.7 Å². The van der Waals surface area contributed by atoms with E-state index in [1.54, 1.807) is 18.2 Å². The summed E-state index contributed by atoms with van der Waals surface area (Å²) in [6, 6.07) is 9.35. The fraction of sp³-hybridized carbons (Fsp3) is 0.0625. The fourth-order valence-corrected chi connectivity index (χ4v) is 2.13. The molecule has 1 amide bonds. The molecular formula is C16H11ClFNO3. The minimum atomic E-state index is -0.532. The number of fused-ring (bicyclic) bond motifs is 1. The van der Waals surface area contributed by atoms with Crippen molar-refractivity contribution in [3.8, 4) is 11.5 Å². The number of nitrogens with one attached hydrogen (secondary N) is 1. The topological polar surface area (TPSA) is 47.6 Å². The highest BCUT2D eigenvalue weighted by atomic mass is 35.5. The lowest BCUT2D eigenvalue weighted by molar-refractivity contribution is -0.111. The minimum Gasteiger partial charge on any atom is -0.454 e. The van der Waals surface area contributed by atoms with Crippen LogP contribution in [-0.2, 0) is 4.79 Å². The molecule has 1 heterocycles. The first-order valence-electron chi connectivity index (χ1n) is 6.45. The van der Waals surface area contributed by atoms with Gasteiger partial charge in [-0.25, -0.2) is 4.39 Å². The van der Waals surface area contributed by atoms with E-state index < -0.39 is 5.82 Å². The van der Waals surface area contributed by atoms with Crippen LogP contribution in [0.3, 0.4) is 0 Å². The van der Waals surface area contributed by atoms with Crippen molar-refractivity contribution in [2.45, 2.75) is 0 Å². The molecule has 6 heteroatoms. The van der Waals surface area contributed by atoms with Gasteiger partial charge in [-0.1, -0.05) is 17.7 Å². The zero-order chi connectivity index (χ0) is 15.5. The SMILES string of the molecule is O=C(C=Cc1ccc2c(c1)OCO2)Nc1ccc(F)c(Cl)c1. The lowest BCUT2D eigenvalue weighted by Gasteiger charge is -2.03. The largest absolute Gasteiger partial charge is 0.454 e. The van der Waals surface area contributed by atoms with E-state index in [0.717, 1.165) is 5.56 Å². The predicted octanol–water partition coefficient (Wildman–Crippen LogP) is 3.86. The molecule has 0 spiro atoms. The van der Waals surface area contributed by atoms with Gasteiger partial charge in [0.05, 0.1) is 5.02 Å². The van der Waals surface area contributed by atoms with Gasteiger partial charge in [-0.15, -0.1) is 0 Å². The molecule has 0 unspecified atom stereocenters. The van der Waals surface area contributed by atoms with Crippen molar-refractivity contribution in [2.75, 3.05) is 12.1 Å². The summed E-state index contributed by atoms with van der Waals surface area (Å²) in [6.45, 7) is 0.203. The van der Waals surface area contributed by atoms with Crippen LogP contribution >= 0.6 is 11.6 Å². The third-order valence-electron chi connectivity index (χ3n) is 3.01. The summed E-state index contributed by atoms with van der Waals surface area (Å²) in [7, 11) is 0. The van der Waals surface area contributed by atoms with Crippen molar-refractivity contribution >= 4 is 29.3 Å². The molecule has 0 bridgehead atoms. The lowest BCUT2D eigenvalue weighted by Crippen LogP contribution is -2.07. The van der Waals surface area contributed by atoms with Crippen molar-refractivity contribution in [3.05, 3.63) is 58.9 Å². The third kappa shape index (κ3) is 3.20. The number of rotatable bonds is 3. The second-order valence-electron chi connectivity index (χ2n) is 4.56. The molecule has 0 radical (unpaired) electrons. The molecule has 2 aromatic carbocycles. The summed E-state index contributed by atoms with van der Waals surface area (Å²) in [5.74, 6) is 0.450. The quantitative estimate of drug-likeness (QED) is 0.874. The van der Waals surface area contributed by atoms with Crippen molar-refractivity contribution in [2.24, 2.45) is 0 Å². The first-order valence-corrected chi connectivity index (χ1v) is 6.83. The van der Waals surface area contributed by atoms with Crippen molar-refractivity contribution in [1.82, 2.24) is 0 Å². The predicted molar refractivity (Wildman–Crippen MR) is 81.6 cm³/mol. The lowest BCUT2D eigenvalue weighted by atomic mass is 10.2. The number of ether oxygens (including phenoxy) is 2. The molecule has 4 nitrogen and oxygen atoms in total. The number of amides is 1. The van der Waals surface area contributed by atoms with E-state index >= 15 is 0 Å². The second-order valence-corrected chi connectivity index (χ2v) is 4.97. The summed E-state index contributed by atoms with van der Waals surface area (Å²) in [5, 5.41) is 2.56. The Hall–Kier alpha value is -2.53. The molecule has 1 aliphatic rings. The second kappa shape index (κ2) is 6.07. The molecule has 0 saturated carbocycles. The molecule has 0 aliphatic carbocycles. The van der Waals surface area contributed by atoms with E-state index in [4.69, 9.17) is 21.1 Å². The third-order valence-corrected chi connectivity index (χ3v) is 3.30. The Bertz CT molecular complexity index is 761. The summed E-state index contributed by atoms with van der Waals surface area (Å²) < 4.78 is 23.5. The van der Waals surface area contributed by atoms with Crippen LogP contribution < -0.4 is 14.8 Å². The van der Waals surface area contributed by atoms with Crippen LogP contribution in [0.5, 0.6) is 11.5 Å². The number of hydrogen-bond donors (Lipinski definition) is 1. The average molecular weight is 320 g/mol. The van der Waals surface area contributed by atoms with E-state index in [2.05, 4.69) is 5.32 Å². The van der Waals surface area contributed by atoms with Crippen LogP contribution in [0.4, 0.5) is 10.1 Å². The van der Waals surface area contributed by atoms with Gasteiger partial charge in [0.25, 0.3) is 0 Å². The molecule has 0 saturated heterocycles. The maximum atomic E-state index is 13.0. The van der Waals surface area contributed by atoms with E-state index in [0.29, 0.717) is 17.2 Å². The van der Waals surface area contributed by atoms with Gasteiger partial charge in [0.1, 0.15) is 5.82 Å². The number of carbonyl (C=O) groups excluding carboxylic acids is 1. The van der Waals surface area contributed by atoms with Crippen LogP contribution in [0.25, 0.3) is 6.08 Å². The van der Waals surface area contributed by atoms with Gasteiger partial charge in [-0.2, -0.15) is 0 Å². The Morgan fingerprint density at radius 3 is 2.82 bits per heavy atom. The highest BCUT2D eigenvalue weighted by Gasteiger charge is 2.12. The van der Waals surface area contributed by atoms with Gasteiger partial charge in [0.2, 0.25) is 12.7 Å². The van der Waals surface area contributed by atoms with Gasteiger partial charge in [0.15, 0.2) is 11.5 Å². The molecule has 1 aliphatic heterocycles. The van der Waals surface area contributed by atoms with Crippen molar-refractivity contribution < 1.29 is 18.7 Å². The summed E-state index contributed by atoms with van der Waals surface area (Å²) in [5.41, 5.74) is 1.23. The highest BCUT2D eigenvalue weighted by Crippen LogP contribution is 2.32. The van der Waals surface area contributed by atoms with Gasteiger partial charge in [-0.05, 0) is 42.0 Å². The van der Waals surface area contributed by atoms with Crippen LogP contribution in [-0.4, -0.2) is 12.7 Å². The Morgan fingerprint density at radius 2 is 2.00 bits per heavy atom. The normalized spacial score (nSPS) is 12.6. The molecule has 2 aromatic rings. The Kier molecular flexibility index (Phi) is 3.98. The molecule has 3 rings (SSSR count). The Morgan fingerprint density at radius 1 is 1.18 bits per heavy atom. The number of hydrogen-bond acceptors (Lipinski definition) is 3. The number of carbonyl (C=O) groups is 1. The van der Waals surface area contributed by atoms with Crippen LogP contribution in [0.15, 0.2) is 42.5 Å². The molecule has 1 N–H and O–H groups in total. The number of halogens is 2. The maximum absolute atomic E-state index is 13.0. The van der Waals surface area contributed by atoms with Crippen molar-refractivity contribution in [1.29, 1.82) is 0 Å². The van der Waals surface area contributed by atoms with Gasteiger partial charge >= 0.3 is 0 Å². The molecule has 0 aromatic heterocycles. The van der Waals surface area contributed by atoms with Crippen LogP contribution in [0.1, 0.15) is 5.56 Å². The van der Waals surface area contributed by atoms with Gasteiger partial charge < -0.3 is 14.8 Å². The Labute approximate surface area is 131 Å². The molecule has 22 heavy (non-hydrogen) atoms. The van der Waals surface area contributed by atoms with E-state index in [9.17, 15) is 9.18 Å². The molecule has 0 fully saturated rings. The van der Waals surface area contributed by atoms with Gasteiger partial charge in [0, 0.05) is 11.8 Å². The van der Waals surface area contributed by atoms with Gasteiger partial charge in [-0.3, -0.25) is 4.79 Å². The average Bonchev–Trinajstić information content (AvgIpc) is 2.96. The highest BCUT2D eigenvalue weighted by molar-refractivity contribution is 6.31. The zero-order valence-corrected chi connectivity index (χ0v) is 12.1. The monoisotopic (exact) mass is 319 g/mol. The summed E-state index contributed by atoms with van der Waals surface area (Å²) in [4.78, 5) is 11.8. The standard InChI is InChI=1S/C16H11ClFNO3/c17-12-8-11(3-4-13(12)18)19-16(20)6-2-10-1-5-14-15(7-10)22-9-21-14/h1-8H,9H2,(H,19,20). The number of benzene rings is 2. The molecular weight excluding hydrogens is 309 g/mol. The summed E-state index contributed by atoms with van der Waals surface area (Å²) in [6.07, 6.45) is 3.01.